The molecule has 0 amide bonds. The molecule has 0 spiro atoms. The number of alkyl halides is 5. The topological polar surface area (TPSA) is 88.7 Å². The molecule has 1 fully saturated rings. The van der Waals surface area contributed by atoms with Crippen LogP contribution >= 0.6 is 0 Å². The molecule has 0 aromatic carbocycles. The number of halogens is 5. The van der Waals surface area contributed by atoms with Crippen LogP contribution in [-0.2, 0) is 4.74 Å². The summed E-state index contributed by atoms with van der Waals surface area (Å²) in [6.07, 6.45) is -8.01. The van der Waals surface area contributed by atoms with Crippen LogP contribution in [0.2, 0.25) is 0 Å². The van der Waals surface area contributed by atoms with Gasteiger partial charge in [0.15, 0.2) is 11.8 Å². The number of rotatable bonds is 4. The van der Waals surface area contributed by atoms with Crippen LogP contribution < -0.4 is 4.90 Å². The van der Waals surface area contributed by atoms with Gasteiger partial charge in [0.05, 0.1) is 31.1 Å². The SMILES string of the molecule is OC[C@@H]1CN(c2cc(-c3cnc4ccc(C(F)F)nn34)ncn2)C[C@@H](C(F)(F)F)O1. The zero-order valence-corrected chi connectivity index (χ0v) is 15.2. The highest BCUT2D eigenvalue weighted by Crippen LogP contribution is 2.30. The first-order chi connectivity index (χ1) is 14.3. The molecule has 13 heteroatoms. The Hall–Kier alpha value is -2.93. The van der Waals surface area contributed by atoms with Crippen LogP contribution in [0.3, 0.4) is 0 Å². The molecule has 4 heterocycles. The number of anilines is 1. The molecule has 0 aliphatic carbocycles. The molecule has 1 aliphatic rings. The van der Waals surface area contributed by atoms with Crippen LogP contribution in [0.1, 0.15) is 12.1 Å². The molecule has 3 aromatic heterocycles. The third kappa shape index (κ3) is 3.89. The van der Waals surface area contributed by atoms with Gasteiger partial charge in [-0.1, -0.05) is 0 Å². The number of fused-ring (bicyclic) bond motifs is 1. The standard InChI is InChI=1S/C17H15F5N6O2/c18-16(19)10-1-2-14-23-4-12(28(14)26-10)11-3-15(25-8-24-11)27-5-9(7-29)30-13(6-27)17(20,21)22/h1-4,8-9,13,16,29H,5-7H2/t9-,13-/m0/s1. The molecule has 0 saturated carbocycles. The fourth-order valence-electron chi connectivity index (χ4n) is 3.15. The molecule has 0 bridgehead atoms. The van der Waals surface area contributed by atoms with Gasteiger partial charge in [0.2, 0.25) is 0 Å². The second-order valence-corrected chi connectivity index (χ2v) is 6.61. The number of hydrogen-bond donors (Lipinski definition) is 1. The minimum atomic E-state index is -4.61. The van der Waals surface area contributed by atoms with Gasteiger partial charge < -0.3 is 14.7 Å². The van der Waals surface area contributed by atoms with Gasteiger partial charge >= 0.3 is 6.18 Å². The Morgan fingerprint density at radius 3 is 2.67 bits per heavy atom. The van der Waals surface area contributed by atoms with Crippen LogP contribution in [0.4, 0.5) is 27.8 Å². The Bertz CT molecular complexity index is 1040. The van der Waals surface area contributed by atoms with Gasteiger partial charge in [-0.2, -0.15) is 18.3 Å². The van der Waals surface area contributed by atoms with Gasteiger partial charge in [0.25, 0.3) is 6.43 Å². The molecule has 0 unspecified atom stereocenters. The fraction of sp³-hybridized carbons (Fsp3) is 0.412. The van der Waals surface area contributed by atoms with Crippen molar-refractivity contribution in [3.63, 3.8) is 0 Å². The number of nitrogens with zero attached hydrogens (tertiary/aromatic N) is 6. The Kier molecular flexibility index (Phi) is 5.24. The van der Waals surface area contributed by atoms with Crippen molar-refractivity contribution in [3.8, 4) is 11.4 Å². The van der Waals surface area contributed by atoms with E-state index in [1.807, 2.05) is 0 Å². The van der Waals surface area contributed by atoms with E-state index in [0.717, 1.165) is 12.4 Å². The maximum atomic E-state index is 13.2. The summed E-state index contributed by atoms with van der Waals surface area (Å²) >= 11 is 0. The lowest BCUT2D eigenvalue weighted by atomic mass is 10.2. The Morgan fingerprint density at radius 1 is 1.17 bits per heavy atom. The van der Waals surface area contributed by atoms with Crippen molar-refractivity contribution in [2.24, 2.45) is 0 Å². The molecular formula is C17H15F5N6O2. The monoisotopic (exact) mass is 430 g/mol. The molecule has 0 radical (unpaired) electrons. The molecule has 1 saturated heterocycles. The summed E-state index contributed by atoms with van der Waals surface area (Å²) in [6, 6.07) is 3.94. The van der Waals surface area contributed by atoms with E-state index in [1.165, 1.54) is 27.7 Å². The van der Waals surface area contributed by atoms with Crippen molar-refractivity contribution >= 4 is 11.5 Å². The van der Waals surface area contributed by atoms with E-state index in [0.29, 0.717) is 5.65 Å². The van der Waals surface area contributed by atoms with E-state index in [2.05, 4.69) is 20.1 Å². The third-order valence-electron chi connectivity index (χ3n) is 4.58. The lowest BCUT2D eigenvalue weighted by Gasteiger charge is -2.38. The summed E-state index contributed by atoms with van der Waals surface area (Å²) in [4.78, 5) is 13.5. The van der Waals surface area contributed by atoms with E-state index >= 15 is 0 Å². The molecular weight excluding hydrogens is 415 g/mol. The van der Waals surface area contributed by atoms with E-state index in [9.17, 15) is 27.1 Å². The number of ether oxygens (including phenoxy) is 1. The zero-order chi connectivity index (χ0) is 21.5. The van der Waals surface area contributed by atoms with Crippen molar-refractivity contribution in [2.45, 2.75) is 24.8 Å². The minimum Gasteiger partial charge on any atom is -0.394 e. The molecule has 160 valence electrons. The van der Waals surface area contributed by atoms with E-state index in [-0.39, 0.29) is 23.8 Å². The average Bonchev–Trinajstić information content (AvgIpc) is 3.16. The average molecular weight is 430 g/mol. The predicted molar refractivity (Wildman–Crippen MR) is 93.0 cm³/mol. The van der Waals surface area contributed by atoms with Gasteiger partial charge in [0, 0.05) is 12.6 Å². The zero-order valence-electron chi connectivity index (χ0n) is 15.2. The summed E-state index contributed by atoms with van der Waals surface area (Å²) in [5.74, 6) is 0.163. The number of aliphatic hydroxyl groups is 1. The van der Waals surface area contributed by atoms with Gasteiger partial charge in [0.1, 0.15) is 23.5 Å². The van der Waals surface area contributed by atoms with Crippen LogP contribution in [0.15, 0.2) is 30.7 Å². The molecule has 4 rings (SSSR count). The highest BCUT2D eigenvalue weighted by molar-refractivity contribution is 5.62. The van der Waals surface area contributed by atoms with Crippen LogP contribution in [0.25, 0.3) is 17.0 Å². The third-order valence-corrected chi connectivity index (χ3v) is 4.58. The van der Waals surface area contributed by atoms with Crippen LogP contribution in [-0.4, -0.2) is 67.8 Å². The normalized spacial score (nSPS) is 20.3. The van der Waals surface area contributed by atoms with Gasteiger partial charge in [-0.3, -0.25) is 0 Å². The maximum Gasteiger partial charge on any atom is 0.416 e. The summed E-state index contributed by atoms with van der Waals surface area (Å²) in [6.45, 7) is -1.12. The van der Waals surface area contributed by atoms with Crippen molar-refractivity contribution in [2.75, 3.05) is 24.6 Å². The van der Waals surface area contributed by atoms with Crippen molar-refractivity contribution in [1.29, 1.82) is 0 Å². The molecule has 30 heavy (non-hydrogen) atoms. The Morgan fingerprint density at radius 2 is 1.97 bits per heavy atom. The van der Waals surface area contributed by atoms with E-state index < -0.39 is 43.7 Å². The van der Waals surface area contributed by atoms with E-state index in [1.54, 1.807) is 0 Å². The first-order valence-corrected chi connectivity index (χ1v) is 8.79. The number of imidazole rings is 1. The molecule has 1 aliphatic heterocycles. The Balaban J connectivity index is 1.69. The quantitative estimate of drug-likeness (QED) is 0.636. The maximum absolute atomic E-state index is 13.2. The smallest absolute Gasteiger partial charge is 0.394 e. The Labute approximate surface area is 165 Å². The van der Waals surface area contributed by atoms with Gasteiger partial charge in [-0.25, -0.2) is 28.2 Å². The van der Waals surface area contributed by atoms with Crippen LogP contribution in [0, 0.1) is 0 Å². The minimum absolute atomic E-state index is 0.0134. The van der Waals surface area contributed by atoms with Crippen molar-refractivity contribution < 1.29 is 31.8 Å². The fourth-order valence-corrected chi connectivity index (χ4v) is 3.15. The number of aromatic nitrogens is 5. The summed E-state index contributed by atoms with van der Waals surface area (Å²) in [7, 11) is 0. The largest absolute Gasteiger partial charge is 0.416 e. The molecule has 2 atom stereocenters. The summed E-state index contributed by atoms with van der Waals surface area (Å²) < 4.78 is 71.6. The van der Waals surface area contributed by atoms with Crippen molar-refractivity contribution in [3.05, 3.63) is 36.4 Å². The highest BCUT2D eigenvalue weighted by Gasteiger charge is 2.46. The van der Waals surface area contributed by atoms with Gasteiger partial charge in [-0.05, 0) is 12.1 Å². The molecule has 3 aromatic rings. The first-order valence-electron chi connectivity index (χ1n) is 8.79. The second kappa shape index (κ2) is 7.72. The predicted octanol–water partition coefficient (Wildman–Crippen LogP) is 2.25. The van der Waals surface area contributed by atoms with Crippen molar-refractivity contribution in [1.82, 2.24) is 24.6 Å². The summed E-state index contributed by atoms with van der Waals surface area (Å²) in [5, 5.41) is 13.2. The number of aliphatic hydroxyl groups excluding tert-OH is 1. The summed E-state index contributed by atoms with van der Waals surface area (Å²) in [5.41, 5.74) is 0.360. The molecule has 1 N–H and O–H groups in total. The lowest BCUT2D eigenvalue weighted by Crippen LogP contribution is -2.54. The van der Waals surface area contributed by atoms with Crippen LogP contribution in [0.5, 0.6) is 0 Å². The highest BCUT2D eigenvalue weighted by atomic mass is 19.4. The molecule has 8 nitrogen and oxygen atoms in total. The lowest BCUT2D eigenvalue weighted by molar-refractivity contribution is -0.238. The first kappa shape index (κ1) is 20.3. The number of hydrogen-bond acceptors (Lipinski definition) is 7. The van der Waals surface area contributed by atoms with E-state index in [4.69, 9.17) is 4.74 Å². The van der Waals surface area contributed by atoms with Gasteiger partial charge in [-0.15, -0.1) is 0 Å². The number of morpholine rings is 1. The second-order valence-electron chi connectivity index (χ2n) is 6.61.